The minimum atomic E-state index is -0.961. The van der Waals surface area contributed by atoms with Crippen molar-refractivity contribution in [1.29, 1.82) is 0 Å². The number of nitrogens with zero attached hydrogens (tertiary/aromatic N) is 1. The maximum atomic E-state index is 13.4. The zero-order valence-electron chi connectivity index (χ0n) is 17.1. The Morgan fingerprint density at radius 2 is 1.78 bits per heavy atom. The number of carbonyl (C=O) groups excluding carboxylic acids is 3. The molecule has 0 aromatic heterocycles. The highest BCUT2D eigenvalue weighted by molar-refractivity contribution is 6.10. The Labute approximate surface area is 161 Å². The van der Waals surface area contributed by atoms with Gasteiger partial charge in [0.2, 0.25) is 0 Å². The smallest absolute Gasteiger partial charge is 0.320 e. The average molecular weight is 379 g/mol. The molecule has 3 aliphatic carbocycles. The third kappa shape index (κ3) is 3.25. The van der Waals surface area contributed by atoms with Gasteiger partial charge in [-0.1, -0.05) is 33.1 Å². The lowest BCUT2D eigenvalue weighted by Crippen LogP contribution is -2.56. The number of hydrogen-bond acceptors (Lipinski definition) is 6. The van der Waals surface area contributed by atoms with Crippen molar-refractivity contribution in [3.8, 4) is 0 Å². The predicted octanol–water partition coefficient (Wildman–Crippen LogP) is 2.53. The Kier molecular flexibility index (Phi) is 5.78. The van der Waals surface area contributed by atoms with Crippen molar-refractivity contribution in [2.24, 2.45) is 11.3 Å². The summed E-state index contributed by atoms with van der Waals surface area (Å²) in [7, 11) is 0. The maximum Gasteiger partial charge on any atom is 0.320 e. The fraction of sp³-hybridized carbons (Fsp3) is 0.857. The molecule has 0 radical (unpaired) electrons. The van der Waals surface area contributed by atoms with E-state index in [1.165, 1.54) is 6.42 Å². The molecule has 0 aliphatic heterocycles. The van der Waals surface area contributed by atoms with E-state index in [4.69, 9.17) is 9.47 Å². The third-order valence-electron chi connectivity index (χ3n) is 6.84. The molecule has 6 heteroatoms. The van der Waals surface area contributed by atoms with E-state index in [0.29, 0.717) is 13.2 Å². The summed E-state index contributed by atoms with van der Waals surface area (Å²) in [6.45, 7) is 8.35. The molecular weight excluding hydrogens is 346 g/mol. The molecule has 3 aliphatic rings. The van der Waals surface area contributed by atoms with Gasteiger partial charge in [0.25, 0.3) is 0 Å². The number of esters is 1. The number of fused-ring (bicyclic) bond motifs is 1. The number of carbonyl (C=O) groups is 3. The Morgan fingerprint density at radius 1 is 1.11 bits per heavy atom. The minimum Gasteiger partial charge on any atom is -0.465 e. The van der Waals surface area contributed by atoms with Gasteiger partial charge in [-0.15, -0.1) is 0 Å². The Morgan fingerprint density at radius 3 is 2.37 bits per heavy atom. The van der Waals surface area contributed by atoms with E-state index < -0.39 is 23.0 Å². The molecule has 0 aromatic rings. The van der Waals surface area contributed by atoms with Crippen molar-refractivity contribution < 1.29 is 23.9 Å². The van der Waals surface area contributed by atoms with Gasteiger partial charge in [-0.2, -0.15) is 0 Å². The van der Waals surface area contributed by atoms with Crippen LogP contribution >= 0.6 is 0 Å². The Bertz CT molecular complexity index is 610. The van der Waals surface area contributed by atoms with Crippen LogP contribution < -0.4 is 0 Å². The van der Waals surface area contributed by atoms with E-state index in [1.54, 1.807) is 6.92 Å². The van der Waals surface area contributed by atoms with Gasteiger partial charge in [0.1, 0.15) is 5.60 Å². The van der Waals surface area contributed by atoms with Crippen molar-refractivity contribution in [1.82, 2.24) is 4.90 Å². The molecule has 6 nitrogen and oxygen atoms in total. The number of ether oxygens (including phenoxy) is 2. The molecule has 3 fully saturated rings. The van der Waals surface area contributed by atoms with Crippen LogP contribution in [0.25, 0.3) is 0 Å². The van der Waals surface area contributed by atoms with Crippen molar-refractivity contribution in [2.45, 2.75) is 83.9 Å². The van der Waals surface area contributed by atoms with Gasteiger partial charge in [0.15, 0.2) is 11.6 Å². The molecular formula is C21H33NO5. The zero-order chi connectivity index (χ0) is 19.8. The highest BCUT2D eigenvalue weighted by Gasteiger charge is 2.81. The average Bonchev–Trinajstić information content (AvgIpc) is 3.14. The first-order valence-electron chi connectivity index (χ1n) is 10.4. The topological polar surface area (TPSA) is 72.9 Å². The van der Waals surface area contributed by atoms with Crippen LogP contribution in [-0.4, -0.2) is 59.9 Å². The van der Waals surface area contributed by atoms with Crippen LogP contribution in [0.2, 0.25) is 0 Å². The predicted molar refractivity (Wildman–Crippen MR) is 100 cm³/mol. The second-order valence-electron chi connectivity index (χ2n) is 8.64. The number of rotatable bonds is 7. The summed E-state index contributed by atoms with van der Waals surface area (Å²) in [4.78, 5) is 40.7. The SMILES string of the molecule is CCOC(=O)CN(C1CCCCC1)C1CC(=O)C2(OCC)C(C1=O)C2(C)C. The van der Waals surface area contributed by atoms with Gasteiger partial charge >= 0.3 is 5.97 Å². The van der Waals surface area contributed by atoms with Crippen LogP contribution in [0.4, 0.5) is 0 Å². The van der Waals surface area contributed by atoms with E-state index in [-0.39, 0.29) is 36.5 Å². The highest BCUT2D eigenvalue weighted by Crippen LogP contribution is 2.67. The fourth-order valence-electron chi connectivity index (χ4n) is 5.54. The van der Waals surface area contributed by atoms with E-state index >= 15 is 0 Å². The molecule has 0 bridgehead atoms. The van der Waals surface area contributed by atoms with Gasteiger partial charge in [-0.3, -0.25) is 19.3 Å². The van der Waals surface area contributed by atoms with Crippen LogP contribution in [0.3, 0.4) is 0 Å². The largest absolute Gasteiger partial charge is 0.465 e. The fourth-order valence-corrected chi connectivity index (χ4v) is 5.54. The van der Waals surface area contributed by atoms with E-state index in [0.717, 1.165) is 25.7 Å². The van der Waals surface area contributed by atoms with Crippen LogP contribution in [0, 0.1) is 11.3 Å². The van der Waals surface area contributed by atoms with Crippen LogP contribution in [0.5, 0.6) is 0 Å². The van der Waals surface area contributed by atoms with E-state index in [1.807, 2.05) is 25.7 Å². The number of Topliss-reactive ketones (excluding diaryl/α,β-unsaturated/α-hetero) is 2. The molecule has 3 rings (SSSR count). The molecule has 3 unspecified atom stereocenters. The maximum absolute atomic E-state index is 13.4. The van der Waals surface area contributed by atoms with E-state index in [2.05, 4.69) is 0 Å². The second-order valence-corrected chi connectivity index (χ2v) is 8.64. The normalized spacial score (nSPS) is 33.1. The molecule has 3 atom stereocenters. The van der Waals surface area contributed by atoms with Gasteiger partial charge in [0, 0.05) is 24.5 Å². The molecule has 152 valence electrons. The molecule has 0 aromatic carbocycles. The molecule has 0 N–H and O–H groups in total. The standard InChI is InChI=1S/C21H33NO5/c1-5-26-17(24)13-22(14-10-8-7-9-11-14)15-12-16(23)21(27-6-2)19(18(15)25)20(21,3)4/h14-15,19H,5-13H2,1-4H3. The molecule has 0 saturated heterocycles. The molecule has 0 amide bonds. The molecule has 0 heterocycles. The first-order valence-corrected chi connectivity index (χ1v) is 10.4. The Hall–Kier alpha value is -1.27. The zero-order valence-corrected chi connectivity index (χ0v) is 17.1. The van der Waals surface area contributed by atoms with Crippen molar-refractivity contribution in [3.63, 3.8) is 0 Å². The first-order chi connectivity index (χ1) is 12.8. The lowest BCUT2D eigenvalue weighted by molar-refractivity contribution is -0.153. The van der Waals surface area contributed by atoms with Gasteiger partial charge < -0.3 is 9.47 Å². The summed E-state index contributed by atoms with van der Waals surface area (Å²) < 4.78 is 11.0. The van der Waals surface area contributed by atoms with Crippen LogP contribution in [-0.2, 0) is 23.9 Å². The summed E-state index contributed by atoms with van der Waals surface area (Å²) >= 11 is 0. The monoisotopic (exact) mass is 379 g/mol. The first kappa shape index (κ1) is 20.5. The van der Waals surface area contributed by atoms with E-state index in [9.17, 15) is 14.4 Å². The quantitative estimate of drug-likeness (QED) is 0.633. The molecule has 27 heavy (non-hydrogen) atoms. The van der Waals surface area contributed by atoms with Crippen molar-refractivity contribution in [3.05, 3.63) is 0 Å². The highest BCUT2D eigenvalue weighted by atomic mass is 16.5. The lowest BCUT2D eigenvalue weighted by Gasteiger charge is -2.40. The van der Waals surface area contributed by atoms with Gasteiger partial charge in [-0.05, 0) is 26.7 Å². The lowest BCUT2D eigenvalue weighted by atomic mass is 9.86. The molecule has 0 spiro atoms. The summed E-state index contributed by atoms with van der Waals surface area (Å²) in [5, 5.41) is 0. The van der Waals surface area contributed by atoms with Crippen molar-refractivity contribution in [2.75, 3.05) is 19.8 Å². The van der Waals surface area contributed by atoms with Crippen LogP contribution in [0.15, 0.2) is 0 Å². The Balaban J connectivity index is 1.85. The number of ketones is 2. The number of hydrogen-bond donors (Lipinski definition) is 0. The third-order valence-corrected chi connectivity index (χ3v) is 6.84. The summed E-state index contributed by atoms with van der Waals surface area (Å²) in [6, 6.07) is -0.378. The second kappa shape index (κ2) is 7.63. The molecule has 3 saturated carbocycles. The van der Waals surface area contributed by atoms with Gasteiger partial charge in [0.05, 0.1) is 25.1 Å². The van der Waals surface area contributed by atoms with Crippen molar-refractivity contribution >= 4 is 17.5 Å². The summed E-state index contributed by atoms with van der Waals surface area (Å²) in [5.74, 6) is -0.666. The van der Waals surface area contributed by atoms with Crippen LogP contribution in [0.1, 0.15) is 66.2 Å². The minimum absolute atomic E-state index is 0.00798. The summed E-state index contributed by atoms with van der Waals surface area (Å²) in [5.41, 5.74) is -1.44. The summed E-state index contributed by atoms with van der Waals surface area (Å²) in [6.07, 6.45) is 5.43. The van der Waals surface area contributed by atoms with Gasteiger partial charge in [-0.25, -0.2) is 0 Å².